The number of phenolic OH excluding ortho intramolecular Hbond substituents is 1. The molecule has 0 saturated heterocycles. The molecule has 0 amide bonds. The SMILES string of the molecule is C=C1OCc2cc(O)ccc21. The summed E-state index contributed by atoms with van der Waals surface area (Å²) < 4.78 is 5.17. The summed E-state index contributed by atoms with van der Waals surface area (Å²) in [5.74, 6) is 0.974. The van der Waals surface area contributed by atoms with E-state index in [1.807, 2.05) is 6.07 Å². The number of hydrogen-bond donors (Lipinski definition) is 1. The van der Waals surface area contributed by atoms with Crippen LogP contribution in [0.5, 0.6) is 5.75 Å². The van der Waals surface area contributed by atoms with Crippen LogP contribution in [0.15, 0.2) is 24.8 Å². The number of aromatic hydroxyl groups is 1. The van der Waals surface area contributed by atoms with Gasteiger partial charge in [-0.3, -0.25) is 0 Å². The van der Waals surface area contributed by atoms with Crippen molar-refractivity contribution in [2.75, 3.05) is 0 Å². The Balaban J connectivity index is 2.59. The largest absolute Gasteiger partial charge is 0.508 e. The van der Waals surface area contributed by atoms with E-state index in [4.69, 9.17) is 9.84 Å². The summed E-state index contributed by atoms with van der Waals surface area (Å²) in [5, 5.41) is 9.10. The van der Waals surface area contributed by atoms with E-state index in [2.05, 4.69) is 6.58 Å². The van der Waals surface area contributed by atoms with Crippen molar-refractivity contribution in [1.82, 2.24) is 0 Å². The van der Waals surface area contributed by atoms with E-state index in [9.17, 15) is 0 Å². The Bertz CT molecular complexity index is 315. The predicted molar refractivity (Wildman–Crippen MR) is 41.9 cm³/mol. The van der Waals surface area contributed by atoms with Crippen molar-refractivity contribution < 1.29 is 9.84 Å². The van der Waals surface area contributed by atoms with E-state index in [-0.39, 0.29) is 5.75 Å². The number of hydrogen-bond acceptors (Lipinski definition) is 2. The zero-order chi connectivity index (χ0) is 7.84. The number of ether oxygens (including phenoxy) is 1. The average Bonchev–Trinajstić information content (AvgIpc) is 2.32. The van der Waals surface area contributed by atoms with E-state index in [0.29, 0.717) is 12.4 Å². The number of fused-ring (bicyclic) bond motifs is 1. The molecule has 1 N–H and O–H groups in total. The monoisotopic (exact) mass is 148 g/mol. The fourth-order valence-electron chi connectivity index (χ4n) is 1.21. The first-order valence-corrected chi connectivity index (χ1v) is 3.41. The van der Waals surface area contributed by atoms with Gasteiger partial charge in [-0.25, -0.2) is 0 Å². The van der Waals surface area contributed by atoms with Crippen LogP contribution < -0.4 is 0 Å². The lowest BCUT2D eigenvalue weighted by atomic mass is 10.1. The maximum Gasteiger partial charge on any atom is 0.120 e. The number of phenols is 1. The van der Waals surface area contributed by atoms with Crippen LogP contribution in [0.1, 0.15) is 11.1 Å². The van der Waals surface area contributed by atoms with Gasteiger partial charge >= 0.3 is 0 Å². The summed E-state index contributed by atoms with van der Waals surface area (Å²) in [6.45, 7) is 4.25. The molecule has 11 heavy (non-hydrogen) atoms. The van der Waals surface area contributed by atoms with Crippen LogP contribution in [0, 0.1) is 0 Å². The van der Waals surface area contributed by atoms with Crippen LogP contribution in [0.3, 0.4) is 0 Å². The zero-order valence-corrected chi connectivity index (χ0v) is 6.00. The Labute approximate surface area is 64.7 Å². The van der Waals surface area contributed by atoms with Gasteiger partial charge in [-0.1, -0.05) is 6.58 Å². The predicted octanol–water partition coefficient (Wildman–Crippen LogP) is 1.89. The van der Waals surface area contributed by atoms with Crippen molar-refractivity contribution in [1.29, 1.82) is 0 Å². The van der Waals surface area contributed by atoms with E-state index < -0.39 is 0 Å². The third kappa shape index (κ3) is 0.871. The zero-order valence-electron chi connectivity index (χ0n) is 6.00. The van der Waals surface area contributed by atoms with Crippen LogP contribution in [0.25, 0.3) is 5.76 Å². The van der Waals surface area contributed by atoms with Crippen LogP contribution in [0.2, 0.25) is 0 Å². The third-order valence-electron chi connectivity index (χ3n) is 1.79. The summed E-state index contributed by atoms with van der Waals surface area (Å²) in [7, 11) is 0. The van der Waals surface area contributed by atoms with Crippen molar-refractivity contribution in [3.8, 4) is 5.75 Å². The van der Waals surface area contributed by atoms with E-state index in [1.165, 1.54) is 0 Å². The van der Waals surface area contributed by atoms with Gasteiger partial charge in [-0.15, -0.1) is 0 Å². The molecule has 0 aromatic heterocycles. The normalized spacial score (nSPS) is 14.4. The van der Waals surface area contributed by atoms with Crippen molar-refractivity contribution in [2.24, 2.45) is 0 Å². The Hall–Kier alpha value is -1.44. The van der Waals surface area contributed by atoms with Gasteiger partial charge in [0.2, 0.25) is 0 Å². The maximum atomic E-state index is 9.10. The van der Waals surface area contributed by atoms with Crippen molar-refractivity contribution >= 4 is 5.76 Å². The number of benzene rings is 1. The average molecular weight is 148 g/mol. The highest BCUT2D eigenvalue weighted by Gasteiger charge is 2.15. The van der Waals surface area contributed by atoms with Crippen molar-refractivity contribution in [2.45, 2.75) is 6.61 Å². The number of rotatable bonds is 0. The molecule has 0 spiro atoms. The van der Waals surface area contributed by atoms with Crippen molar-refractivity contribution in [3.05, 3.63) is 35.9 Å². The van der Waals surface area contributed by atoms with Crippen LogP contribution in [0.4, 0.5) is 0 Å². The molecule has 0 aliphatic carbocycles. The molecule has 2 rings (SSSR count). The highest BCUT2D eigenvalue weighted by Crippen LogP contribution is 2.30. The molecule has 0 unspecified atom stereocenters. The molecule has 1 aromatic rings. The fourth-order valence-corrected chi connectivity index (χ4v) is 1.21. The summed E-state index contributed by atoms with van der Waals surface area (Å²) >= 11 is 0. The molecular weight excluding hydrogens is 140 g/mol. The van der Waals surface area contributed by atoms with Crippen molar-refractivity contribution in [3.63, 3.8) is 0 Å². The lowest BCUT2D eigenvalue weighted by Gasteiger charge is -1.95. The van der Waals surface area contributed by atoms with Crippen LogP contribution >= 0.6 is 0 Å². The Kier molecular flexibility index (Phi) is 1.15. The lowest BCUT2D eigenvalue weighted by Crippen LogP contribution is -1.78. The molecule has 0 radical (unpaired) electrons. The van der Waals surface area contributed by atoms with Gasteiger partial charge in [-0.2, -0.15) is 0 Å². The second-order valence-electron chi connectivity index (χ2n) is 2.55. The molecule has 1 aromatic carbocycles. The van der Waals surface area contributed by atoms with Gasteiger partial charge < -0.3 is 9.84 Å². The molecular formula is C9H8O2. The Morgan fingerprint density at radius 2 is 2.27 bits per heavy atom. The molecule has 0 bridgehead atoms. The Morgan fingerprint density at radius 3 is 3.09 bits per heavy atom. The molecule has 1 aliphatic heterocycles. The second-order valence-corrected chi connectivity index (χ2v) is 2.55. The smallest absolute Gasteiger partial charge is 0.120 e. The topological polar surface area (TPSA) is 29.5 Å². The Morgan fingerprint density at radius 1 is 1.45 bits per heavy atom. The minimum atomic E-state index is 0.280. The molecule has 2 heteroatoms. The summed E-state index contributed by atoms with van der Waals surface area (Å²) in [4.78, 5) is 0. The second kappa shape index (κ2) is 2.02. The standard InChI is InChI=1S/C9H8O2/c1-6-9-3-2-8(10)4-7(9)5-11-6/h2-4,10H,1,5H2. The molecule has 2 nitrogen and oxygen atoms in total. The lowest BCUT2D eigenvalue weighted by molar-refractivity contribution is 0.286. The van der Waals surface area contributed by atoms with Gasteiger partial charge in [0.1, 0.15) is 18.1 Å². The van der Waals surface area contributed by atoms with Gasteiger partial charge in [0.05, 0.1) is 0 Å². The van der Waals surface area contributed by atoms with Gasteiger partial charge in [0.15, 0.2) is 0 Å². The molecule has 0 fully saturated rings. The summed E-state index contributed by atoms with van der Waals surface area (Å²) in [6.07, 6.45) is 0. The summed E-state index contributed by atoms with van der Waals surface area (Å²) in [5.41, 5.74) is 2.01. The fraction of sp³-hybridized carbons (Fsp3) is 0.111. The quantitative estimate of drug-likeness (QED) is 0.608. The van der Waals surface area contributed by atoms with Gasteiger partial charge in [0.25, 0.3) is 0 Å². The van der Waals surface area contributed by atoms with Crippen LogP contribution in [-0.2, 0) is 11.3 Å². The van der Waals surface area contributed by atoms with E-state index in [0.717, 1.165) is 11.1 Å². The first kappa shape index (κ1) is 6.28. The molecule has 0 saturated carbocycles. The van der Waals surface area contributed by atoms with E-state index >= 15 is 0 Å². The third-order valence-corrected chi connectivity index (χ3v) is 1.79. The highest BCUT2D eigenvalue weighted by atomic mass is 16.5. The maximum absolute atomic E-state index is 9.10. The van der Waals surface area contributed by atoms with Gasteiger partial charge in [0, 0.05) is 11.1 Å². The van der Waals surface area contributed by atoms with Gasteiger partial charge in [-0.05, 0) is 18.2 Å². The first-order chi connectivity index (χ1) is 5.27. The minimum absolute atomic E-state index is 0.280. The first-order valence-electron chi connectivity index (χ1n) is 3.41. The molecule has 0 atom stereocenters. The minimum Gasteiger partial charge on any atom is -0.508 e. The highest BCUT2D eigenvalue weighted by molar-refractivity contribution is 5.65. The molecule has 56 valence electrons. The summed E-state index contributed by atoms with van der Waals surface area (Å²) in [6, 6.07) is 5.16. The van der Waals surface area contributed by atoms with Crippen LogP contribution in [-0.4, -0.2) is 5.11 Å². The van der Waals surface area contributed by atoms with E-state index in [1.54, 1.807) is 12.1 Å². The molecule has 1 heterocycles. The molecule has 1 aliphatic rings.